The lowest BCUT2D eigenvalue weighted by Gasteiger charge is -2.23. The monoisotopic (exact) mass is 368 g/mol. The summed E-state index contributed by atoms with van der Waals surface area (Å²) in [5, 5.41) is 4.16. The maximum atomic E-state index is 14.0. The number of hydrogen-bond acceptors (Lipinski definition) is 4. The van der Waals surface area contributed by atoms with Crippen molar-refractivity contribution in [1.82, 2.24) is 4.90 Å². The number of ether oxygens (including phenoxy) is 1. The molecule has 3 rings (SSSR count). The van der Waals surface area contributed by atoms with Gasteiger partial charge in [-0.15, -0.1) is 6.58 Å². The molecule has 0 fully saturated rings. The molecular weight excluding hydrogens is 347 g/mol. The molecule has 0 radical (unpaired) electrons. The van der Waals surface area contributed by atoms with Crippen molar-refractivity contribution in [1.29, 1.82) is 0 Å². The molecule has 2 aromatic rings. The molecule has 5 nitrogen and oxygen atoms in total. The van der Waals surface area contributed by atoms with Crippen LogP contribution >= 0.6 is 0 Å². The molecule has 0 unspecified atom stereocenters. The Morgan fingerprint density at radius 1 is 1.33 bits per heavy atom. The summed E-state index contributed by atoms with van der Waals surface area (Å²) in [6.45, 7) is 4.25. The van der Waals surface area contributed by atoms with Crippen LogP contribution in [0.1, 0.15) is 22.3 Å². The van der Waals surface area contributed by atoms with Crippen molar-refractivity contribution in [3.05, 3.63) is 78.1 Å². The third-order valence-electron chi connectivity index (χ3n) is 4.32. The SMILES string of the molecule is C=CCN(C[C@H]1CC(c2ccccc2OC)=NO1)C(=O)c1ccccc1F. The molecule has 1 aliphatic heterocycles. The average Bonchev–Trinajstić information content (AvgIpc) is 3.16. The van der Waals surface area contributed by atoms with Gasteiger partial charge in [-0.3, -0.25) is 4.79 Å². The van der Waals surface area contributed by atoms with Crippen LogP contribution in [0.4, 0.5) is 4.39 Å². The number of benzene rings is 2. The van der Waals surface area contributed by atoms with Gasteiger partial charge in [0.2, 0.25) is 0 Å². The van der Waals surface area contributed by atoms with E-state index >= 15 is 0 Å². The summed E-state index contributed by atoms with van der Waals surface area (Å²) in [4.78, 5) is 19.8. The number of nitrogens with zero attached hydrogens (tertiary/aromatic N) is 2. The second kappa shape index (κ2) is 8.49. The molecular formula is C21H21FN2O3. The highest BCUT2D eigenvalue weighted by molar-refractivity contribution is 6.03. The van der Waals surface area contributed by atoms with Crippen molar-refractivity contribution in [2.24, 2.45) is 5.16 Å². The first-order chi connectivity index (χ1) is 13.1. The Morgan fingerprint density at radius 3 is 2.81 bits per heavy atom. The molecule has 1 amide bonds. The van der Waals surface area contributed by atoms with Crippen LogP contribution in [0.15, 0.2) is 66.3 Å². The van der Waals surface area contributed by atoms with Gasteiger partial charge in [-0.1, -0.05) is 35.5 Å². The molecule has 0 saturated carbocycles. The summed E-state index contributed by atoms with van der Waals surface area (Å²) in [7, 11) is 1.60. The number of oxime groups is 1. The topological polar surface area (TPSA) is 51.1 Å². The first-order valence-electron chi connectivity index (χ1n) is 8.64. The molecule has 0 bridgehead atoms. The molecule has 0 saturated heterocycles. The van der Waals surface area contributed by atoms with Crippen LogP contribution in [0.25, 0.3) is 0 Å². The smallest absolute Gasteiger partial charge is 0.257 e. The summed E-state index contributed by atoms with van der Waals surface area (Å²) >= 11 is 0. The normalized spacial score (nSPS) is 15.6. The number of hydrogen-bond donors (Lipinski definition) is 0. The van der Waals surface area contributed by atoms with Gasteiger partial charge in [0, 0.05) is 18.5 Å². The maximum absolute atomic E-state index is 14.0. The lowest BCUT2D eigenvalue weighted by molar-refractivity contribution is 0.0447. The highest BCUT2D eigenvalue weighted by Crippen LogP contribution is 2.25. The van der Waals surface area contributed by atoms with Crippen molar-refractivity contribution >= 4 is 11.6 Å². The molecule has 0 spiro atoms. The fourth-order valence-corrected chi connectivity index (χ4v) is 3.02. The number of para-hydroxylation sites is 1. The molecule has 6 heteroatoms. The van der Waals surface area contributed by atoms with Crippen molar-refractivity contribution < 1.29 is 18.8 Å². The van der Waals surface area contributed by atoms with E-state index < -0.39 is 11.7 Å². The Morgan fingerprint density at radius 2 is 2.07 bits per heavy atom. The number of methoxy groups -OCH3 is 1. The molecule has 140 valence electrons. The minimum atomic E-state index is -0.546. The number of halogens is 1. The molecule has 0 aromatic heterocycles. The highest BCUT2D eigenvalue weighted by atomic mass is 19.1. The number of carbonyl (C=O) groups excluding carboxylic acids is 1. The van der Waals surface area contributed by atoms with Crippen molar-refractivity contribution in [2.45, 2.75) is 12.5 Å². The zero-order valence-electron chi connectivity index (χ0n) is 15.1. The summed E-state index contributed by atoms with van der Waals surface area (Å²) in [6, 6.07) is 13.5. The minimum Gasteiger partial charge on any atom is -0.496 e. The Bertz CT molecular complexity index is 866. The van der Waals surface area contributed by atoms with Crippen LogP contribution in [-0.2, 0) is 4.84 Å². The minimum absolute atomic E-state index is 0.0308. The average molecular weight is 368 g/mol. The van der Waals surface area contributed by atoms with E-state index in [0.717, 1.165) is 11.3 Å². The molecule has 0 N–H and O–H groups in total. The Labute approximate surface area is 157 Å². The summed E-state index contributed by atoms with van der Waals surface area (Å²) in [6.07, 6.45) is 1.81. The van der Waals surface area contributed by atoms with Gasteiger partial charge in [0.15, 0.2) is 6.10 Å². The van der Waals surface area contributed by atoms with Gasteiger partial charge in [0.05, 0.1) is 24.9 Å². The second-order valence-electron chi connectivity index (χ2n) is 6.15. The number of rotatable bonds is 7. The third-order valence-corrected chi connectivity index (χ3v) is 4.32. The van der Waals surface area contributed by atoms with Crippen LogP contribution in [0.2, 0.25) is 0 Å². The predicted molar refractivity (Wildman–Crippen MR) is 102 cm³/mol. The highest BCUT2D eigenvalue weighted by Gasteiger charge is 2.28. The van der Waals surface area contributed by atoms with E-state index in [-0.39, 0.29) is 24.8 Å². The van der Waals surface area contributed by atoms with E-state index in [9.17, 15) is 9.18 Å². The van der Waals surface area contributed by atoms with E-state index in [1.165, 1.54) is 17.0 Å². The van der Waals surface area contributed by atoms with E-state index in [1.54, 1.807) is 25.3 Å². The second-order valence-corrected chi connectivity index (χ2v) is 6.15. The zero-order valence-corrected chi connectivity index (χ0v) is 15.1. The van der Waals surface area contributed by atoms with E-state index in [2.05, 4.69) is 11.7 Å². The van der Waals surface area contributed by atoms with E-state index in [4.69, 9.17) is 9.57 Å². The molecule has 27 heavy (non-hydrogen) atoms. The largest absolute Gasteiger partial charge is 0.496 e. The summed E-state index contributed by atoms with van der Waals surface area (Å²) in [5.74, 6) is -0.233. The van der Waals surface area contributed by atoms with E-state index in [0.29, 0.717) is 12.2 Å². The lowest BCUT2D eigenvalue weighted by atomic mass is 10.0. The number of amides is 1. The molecule has 1 heterocycles. The van der Waals surface area contributed by atoms with Gasteiger partial charge >= 0.3 is 0 Å². The molecule has 1 aliphatic rings. The Kier molecular flexibility index (Phi) is 5.86. The van der Waals surface area contributed by atoms with Gasteiger partial charge in [0.1, 0.15) is 11.6 Å². The van der Waals surface area contributed by atoms with Crippen LogP contribution in [0.5, 0.6) is 5.75 Å². The van der Waals surface area contributed by atoms with E-state index in [1.807, 2.05) is 24.3 Å². The van der Waals surface area contributed by atoms with Gasteiger partial charge in [-0.05, 0) is 24.3 Å². The maximum Gasteiger partial charge on any atom is 0.257 e. The first kappa shape index (κ1) is 18.6. The molecule has 2 aromatic carbocycles. The van der Waals surface area contributed by atoms with Gasteiger partial charge in [-0.2, -0.15) is 0 Å². The molecule has 0 aliphatic carbocycles. The van der Waals surface area contributed by atoms with Crippen LogP contribution in [0.3, 0.4) is 0 Å². The fourth-order valence-electron chi connectivity index (χ4n) is 3.02. The van der Waals surface area contributed by atoms with Gasteiger partial charge in [-0.25, -0.2) is 4.39 Å². The van der Waals surface area contributed by atoms with Gasteiger partial charge < -0.3 is 14.5 Å². The quantitative estimate of drug-likeness (QED) is 0.701. The molecule has 1 atom stereocenters. The van der Waals surface area contributed by atoms with Crippen molar-refractivity contribution in [3.8, 4) is 5.75 Å². The van der Waals surface area contributed by atoms with Crippen LogP contribution < -0.4 is 4.74 Å². The van der Waals surface area contributed by atoms with Gasteiger partial charge in [0.25, 0.3) is 5.91 Å². The fraction of sp³-hybridized carbons (Fsp3) is 0.238. The number of carbonyl (C=O) groups is 1. The third kappa shape index (κ3) is 4.16. The Hall–Kier alpha value is -3.15. The summed E-state index contributed by atoms with van der Waals surface area (Å²) in [5.41, 5.74) is 1.65. The Balaban J connectivity index is 1.71. The standard InChI is InChI=1S/C21H21FN2O3/c1-3-12-24(21(25)16-8-4-6-10-18(16)22)14-15-13-19(23-27-15)17-9-5-7-11-20(17)26-2/h3-11,15H,1,12-14H2,2H3/t15-/m1/s1. The van der Waals surface area contributed by atoms with Crippen LogP contribution in [0, 0.1) is 5.82 Å². The lowest BCUT2D eigenvalue weighted by Crippen LogP contribution is -2.38. The first-order valence-corrected chi connectivity index (χ1v) is 8.64. The zero-order chi connectivity index (χ0) is 19.2. The predicted octanol–water partition coefficient (Wildman–Crippen LogP) is 3.66. The summed E-state index contributed by atoms with van der Waals surface area (Å²) < 4.78 is 19.3. The van der Waals surface area contributed by atoms with Crippen molar-refractivity contribution in [3.63, 3.8) is 0 Å². The van der Waals surface area contributed by atoms with Crippen LogP contribution in [-0.4, -0.2) is 42.8 Å². The van der Waals surface area contributed by atoms with Crippen molar-refractivity contribution in [2.75, 3.05) is 20.2 Å².